The number of rotatable bonds is 5. The van der Waals surface area contributed by atoms with E-state index in [2.05, 4.69) is 37.2 Å². The second-order valence-corrected chi connectivity index (χ2v) is 8.24. The van der Waals surface area contributed by atoms with Crippen LogP contribution in [0, 0.1) is 24.0 Å². The van der Waals surface area contributed by atoms with Gasteiger partial charge in [0.1, 0.15) is 10.6 Å². The standard InChI is InChI=1S/C15H12Br2N2O5S/c1-7-3-4-10(19(22)23)13(8(7)2)18-12(20)6-24-15(21)11-5-9(16)14(17)25-11/h3-5H,6H2,1-2H3,(H,18,20). The van der Waals surface area contributed by atoms with Crippen LogP contribution in [0.5, 0.6) is 0 Å². The van der Waals surface area contributed by atoms with Crippen LogP contribution in [0.1, 0.15) is 20.8 Å². The molecule has 0 aliphatic carbocycles. The number of nitro benzene ring substituents is 1. The highest BCUT2D eigenvalue weighted by atomic mass is 79.9. The second kappa shape index (κ2) is 8.07. The van der Waals surface area contributed by atoms with Crippen LogP contribution in [0.15, 0.2) is 26.5 Å². The van der Waals surface area contributed by atoms with Crippen molar-refractivity contribution >= 4 is 66.4 Å². The van der Waals surface area contributed by atoms with Crippen molar-refractivity contribution in [3.8, 4) is 0 Å². The Morgan fingerprint density at radius 2 is 2.00 bits per heavy atom. The van der Waals surface area contributed by atoms with E-state index in [1.165, 1.54) is 6.07 Å². The molecule has 25 heavy (non-hydrogen) atoms. The Balaban J connectivity index is 2.07. The third-order valence-electron chi connectivity index (χ3n) is 3.36. The van der Waals surface area contributed by atoms with Crippen LogP contribution < -0.4 is 5.32 Å². The summed E-state index contributed by atoms with van der Waals surface area (Å²) in [5, 5.41) is 13.6. The first kappa shape index (κ1) is 19.5. The highest BCUT2D eigenvalue weighted by molar-refractivity contribution is 9.13. The van der Waals surface area contributed by atoms with Crippen molar-refractivity contribution in [2.45, 2.75) is 13.8 Å². The minimum atomic E-state index is -0.653. The molecule has 1 aromatic carbocycles. The molecule has 0 aliphatic heterocycles. The molecular formula is C15H12Br2N2O5S. The van der Waals surface area contributed by atoms with Gasteiger partial charge >= 0.3 is 5.97 Å². The van der Waals surface area contributed by atoms with Crippen LogP contribution in [-0.2, 0) is 9.53 Å². The lowest BCUT2D eigenvalue weighted by atomic mass is 10.1. The number of hydrogen-bond donors (Lipinski definition) is 1. The molecule has 0 aliphatic rings. The van der Waals surface area contributed by atoms with E-state index in [0.717, 1.165) is 20.7 Å². The zero-order valence-electron chi connectivity index (χ0n) is 13.1. The molecule has 2 rings (SSSR count). The maximum atomic E-state index is 12.0. The molecule has 1 amide bonds. The smallest absolute Gasteiger partial charge is 0.348 e. The lowest BCUT2D eigenvalue weighted by molar-refractivity contribution is -0.384. The molecule has 2 aromatic rings. The van der Waals surface area contributed by atoms with Crippen molar-refractivity contribution < 1.29 is 19.2 Å². The molecule has 0 unspecified atom stereocenters. The van der Waals surface area contributed by atoms with Gasteiger partial charge in [-0.05, 0) is 62.9 Å². The molecule has 1 heterocycles. The van der Waals surface area contributed by atoms with Gasteiger partial charge < -0.3 is 10.1 Å². The number of thiophene rings is 1. The van der Waals surface area contributed by atoms with Crippen molar-refractivity contribution in [2.24, 2.45) is 0 Å². The first-order valence-electron chi connectivity index (χ1n) is 6.87. The summed E-state index contributed by atoms with van der Waals surface area (Å²) >= 11 is 7.69. The van der Waals surface area contributed by atoms with E-state index >= 15 is 0 Å². The van der Waals surface area contributed by atoms with Gasteiger partial charge in [0.05, 0.1) is 8.71 Å². The van der Waals surface area contributed by atoms with Gasteiger partial charge in [-0.3, -0.25) is 14.9 Å². The minimum absolute atomic E-state index is 0.104. The van der Waals surface area contributed by atoms with Crippen molar-refractivity contribution in [1.82, 2.24) is 0 Å². The number of anilines is 1. The molecule has 1 N–H and O–H groups in total. The summed E-state index contributed by atoms with van der Waals surface area (Å²) in [6.45, 7) is 2.91. The van der Waals surface area contributed by atoms with Crippen molar-refractivity contribution in [3.05, 3.63) is 52.6 Å². The Hall–Kier alpha value is -1.78. The summed E-state index contributed by atoms with van der Waals surface area (Å²) in [5.74, 6) is -1.30. The summed E-state index contributed by atoms with van der Waals surface area (Å²) in [5.41, 5.74) is 1.27. The Morgan fingerprint density at radius 3 is 2.56 bits per heavy atom. The van der Waals surface area contributed by atoms with Crippen LogP contribution in [0.3, 0.4) is 0 Å². The third-order valence-corrected chi connectivity index (χ3v) is 6.59. The third kappa shape index (κ3) is 4.65. The zero-order chi connectivity index (χ0) is 18.7. The van der Waals surface area contributed by atoms with E-state index in [-0.39, 0.29) is 11.4 Å². The molecule has 0 radical (unpaired) electrons. The molecule has 0 atom stereocenters. The molecule has 0 saturated carbocycles. The van der Waals surface area contributed by atoms with Gasteiger partial charge in [0.15, 0.2) is 6.61 Å². The predicted molar refractivity (Wildman–Crippen MR) is 101 cm³/mol. The lowest BCUT2D eigenvalue weighted by Gasteiger charge is -2.11. The number of aryl methyl sites for hydroxylation is 1. The van der Waals surface area contributed by atoms with Gasteiger partial charge in [-0.25, -0.2) is 4.79 Å². The SMILES string of the molecule is Cc1ccc([N+](=O)[O-])c(NC(=O)COC(=O)c2cc(Br)c(Br)s2)c1C. The van der Waals surface area contributed by atoms with Gasteiger partial charge in [-0.15, -0.1) is 11.3 Å². The van der Waals surface area contributed by atoms with Crippen molar-refractivity contribution in [3.63, 3.8) is 0 Å². The fourth-order valence-electron chi connectivity index (χ4n) is 1.94. The van der Waals surface area contributed by atoms with Gasteiger partial charge in [0.25, 0.3) is 11.6 Å². The number of nitrogens with zero attached hydrogens (tertiary/aromatic N) is 1. The number of carbonyl (C=O) groups is 2. The van der Waals surface area contributed by atoms with E-state index < -0.39 is 23.4 Å². The van der Waals surface area contributed by atoms with Crippen LogP contribution >= 0.6 is 43.2 Å². The fraction of sp³-hybridized carbons (Fsp3) is 0.200. The maximum absolute atomic E-state index is 12.0. The molecule has 7 nitrogen and oxygen atoms in total. The van der Waals surface area contributed by atoms with Gasteiger partial charge in [0, 0.05) is 10.5 Å². The Labute approximate surface area is 163 Å². The Kier molecular flexibility index (Phi) is 6.31. The minimum Gasteiger partial charge on any atom is -0.451 e. The first-order valence-corrected chi connectivity index (χ1v) is 9.27. The molecule has 10 heteroatoms. The average molecular weight is 492 g/mol. The van der Waals surface area contributed by atoms with E-state index in [1.807, 2.05) is 0 Å². The number of carbonyl (C=O) groups excluding carboxylic acids is 2. The van der Waals surface area contributed by atoms with Crippen molar-refractivity contribution in [2.75, 3.05) is 11.9 Å². The highest BCUT2D eigenvalue weighted by Gasteiger charge is 2.20. The number of nitrogens with one attached hydrogen (secondary N) is 1. The molecule has 0 fully saturated rings. The molecule has 1 aromatic heterocycles. The number of halogens is 2. The monoisotopic (exact) mass is 490 g/mol. The Bertz CT molecular complexity index is 846. The summed E-state index contributed by atoms with van der Waals surface area (Å²) in [7, 11) is 0. The van der Waals surface area contributed by atoms with Crippen LogP contribution in [0.2, 0.25) is 0 Å². The van der Waals surface area contributed by atoms with Gasteiger partial charge in [0.2, 0.25) is 0 Å². The van der Waals surface area contributed by atoms with E-state index in [4.69, 9.17) is 4.74 Å². The number of ether oxygens (including phenoxy) is 1. The first-order chi connectivity index (χ1) is 11.7. The van der Waals surface area contributed by atoms with Gasteiger partial charge in [-0.2, -0.15) is 0 Å². The van der Waals surface area contributed by atoms with Gasteiger partial charge in [-0.1, -0.05) is 6.07 Å². The lowest BCUT2D eigenvalue weighted by Crippen LogP contribution is -2.21. The predicted octanol–water partition coefficient (Wildman–Crippen LogP) is 4.59. The summed E-state index contributed by atoms with van der Waals surface area (Å²) in [6, 6.07) is 4.50. The molecule has 0 spiro atoms. The van der Waals surface area contributed by atoms with Crippen LogP contribution in [0.25, 0.3) is 0 Å². The topological polar surface area (TPSA) is 98.5 Å². The van der Waals surface area contributed by atoms with Crippen molar-refractivity contribution in [1.29, 1.82) is 0 Å². The quantitative estimate of drug-likeness (QED) is 0.374. The number of nitro groups is 1. The van der Waals surface area contributed by atoms with Crippen LogP contribution in [-0.4, -0.2) is 23.4 Å². The van der Waals surface area contributed by atoms with E-state index in [9.17, 15) is 19.7 Å². The zero-order valence-corrected chi connectivity index (χ0v) is 17.1. The second-order valence-electron chi connectivity index (χ2n) is 5.02. The average Bonchev–Trinajstić information content (AvgIpc) is 2.88. The number of esters is 1. The molecule has 0 saturated heterocycles. The largest absolute Gasteiger partial charge is 0.451 e. The molecule has 0 bridgehead atoms. The number of hydrogen-bond acceptors (Lipinski definition) is 6. The molecular weight excluding hydrogens is 480 g/mol. The summed E-state index contributed by atoms with van der Waals surface area (Å²) in [6.07, 6.45) is 0. The van der Waals surface area contributed by atoms with Crippen LogP contribution in [0.4, 0.5) is 11.4 Å². The summed E-state index contributed by atoms with van der Waals surface area (Å²) < 4.78 is 6.39. The normalized spacial score (nSPS) is 10.4. The fourth-order valence-corrected chi connectivity index (χ4v) is 3.87. The van der Waals surface area contributed by atoms with E-state index in [0.29, 0.717) is 14.9 Å². The van der Waals surface area contributed by atoms with E-state index in [1.54, 1.807) is 26.0 Å². The highest BCUT2D eigenvalue weighted by Crippen LogP contribution is 2.33. The molecule has 132 valence electrons. The number of benzene rings is 1. The summed E-state index contributed by atoms with van der Waals surface area (Å²) in [4.78, 5) is 34.8. The number of amides is 1. The Morgan fingerprint density at radius 1 is 1.32 bits per heavy atom. The maximum Gasteiger partial charge on any atom is 0.348 e.